The Morgan fingerprint density at radius 3 is 1.86 bits per heavy atom. The molecule has 0 aliphatic heterocycles. The first kappa shape index (κ1) is 39.3. The van der Waals surface area contributed by atoms with E-state index in [-0.39, 0.29) is 39.3 Å². The van der Waals surface area contributed by atoms with Gasteiger partial charge in [-0.1, -0.05) is 0 Å². The summed E-state index contributed by atoms with van der Waals surface area (Å²) in [5.74, 6) is 0. The van der Waals surface area contributed by atoms with Gasteiger partial charge in [-0.3, -0.25) is 0 Å². The van der Waals surface area contributed by atoms with Gasteiger partial charge in [-0.15, -0.1) is 0 Å². The second-order valence-corrected chi connectivity index (χ2v) is 21.6. The standard InChI is InChI=1S/C23H29.C15H11F3.C5H5.2ClH.Zr/c1-14-9-16-11-17-10-15(2)21(23(6,7)8)13-19(17)18(16)12-20(14)22(3,4)5;1-11-5-7-12(8-6-11)9-13-3-2-4-14(10-13)15(16,17)18;1-2-4-5-3-1;;;/h9,12-13H,11H2,1-8H3;2-8,10H,1H3;1-5H;2*1H;/q;;;;;+2/p-2. The van der Waals surface area contributed by atoms with Crippen LogP contribution in [0, 0.1) is 20.8 Å². The molecular weight excluding hydrogens is 736 g/mol. The average molecular weight is 781 g/mol. The van der Waals surface area contributed by atoms with Gasteiger partial charge in [0.1, 0.15) is 0 Å². The minimum absolute atomic E-state index is 0. The molecule has 0 N–H and O–H groups in total. The summed E-state index contributed by atoms with van der Waals surface area (Å²) in [5, 5.41) is 0. The number of hydrogen-bond acceptors (Lipinski definition) is 0. The average Bonchev–Trinajstić information content (AvgIpc) is 3.63. The van der Waals surface area contributed by atoms with Crippen molar-refractivity contribution in [3.8, 4) is 11.1 Å². The van der Waals surface area contributed by atoms with E-state index in [1.54, 1.807) is 6.07 Å². The van der Waals surface area contributed by atoms with Crippen LogP contribution in [0.1, 0.15) is 97.2 Å². The number of fused-ring (bicyclic) bond motifs is 3. The molecule has 0 saturated carbocycles. The van der Waals surface area contributed by atoms with E-state index >= 15 is 0 Å². The summed E-state index contributed by atoms with van der Waals surface area (Å²) >= 11 is -3.17. The van der Waals surface area contributed by atoms with Crippen molar-refractivity contribution in [2.24, 2.45) is 0 Å². The maximum absolute atomic E-state index is 14.2. The van der Waals surface area contributed by atoms with Crippen molar-refractivity contribution < 1.29 is 59.3 Å². The summed E-state index contributed by atoms with van der Waals surface area (Å²) in [7, 11) is 0. The van der Waals surface area contributed by atoms with E-state index in [9.17, 15) is 13.2 Å². The zero-order valence-corrected chi connectivity index (χ0v) is 33.8. The summed E-state index contributed by atoms with van der Waals surface area (Å²) in [6.45, 7) is 20.3. The summed E-state index contributed by atoms with van der Waals surface area (Å²) in [4.78, 5) is 0. The molecule has 0 spiro atoms. The quantitative estimate of drug-likeness (QED) is 0.235. The number of hydrogen-bond donors (Lipinski definition) is 0. The fourth-order valence-electron chi connectivity index (χ4n) is 7.70. The van der Waals surface area contributed by atoms with Crippen molar-refractivity contribution in [1.82, 2.24) is 0 Å². The van der Waals surface area contributed by atoms with E-state index in [4.69, 9.17) is 0 Å². The maximum atomic E-state index is 14.2. The SMILES string of the molecule is Cc1ccc([C](c2cccc(C(F)(F)F)c2)=[Zr+2]([c]2c(C)c(C(C)(C)C)cc3c2Cc2cc(C)c(C(C)(C)C)cc2-3)[CH]2C=CC=C2)cc1.[Cl-].[Cl-]. The molecule has 6 heteroatoms. The van der Waals surface area contributed by atoms with Crippen LogP contribution in [0.4, 0.5) is 13.2 Å². The van der Waals surface area contributed by atoms with Gasteiger partial charge in [0.25, 0.3) is 0 Å². The molecule has 4 aromatic carbocycles. The molecule has 0 heterocycles. The largest absolute Gasteiger partial charge is 1.00 e. The summed E-state index contributed by atoms with van der Waals surface area (Å²) in [6, 6.07) is 21.8. The van der Waals surface area contributed by atoms with Gasteiger partial charge < -0.3 is 24.8 Å². The van der Waals surface area contributed by atoms with Gasteiger partial charge >= 0.3 is 288 Å². The Hall–Kier alpha value is -2.52. The fraction of sp³-hybridized carbons (Fsp3) is 0.326. The number of allylic oxidation sites excluding steroid dienone is 4. The van der Waals surface area contributed by atoms with Gasteiger partial charge in [0.15, 0.2) is 0 Å². The number of benzene rings is 4. The minimum Gasteiger partial charge on any atom is -1.00 e. The Morgan fingerprint density at radius 1 is 0.694 bits per heavy atom. The molecule has 2 aliphatic carbocycles. The molecule has 0 radical (unpaired) electrons. The van der Waals surface area contributed by atoms with Crippen molar-refractivity contribution in [3.05, 3.63) is 147 Å². The maximum Gasteiger partial charge on any atom is -1.00 e. The van der Waals surface area contributed by atoms with E-state index in [2.05, 4.69) is 129 Å². The Balaban J connectivity index is 0.00000270. The molecule has 6 rings (SSSR count). The summed E-state index contributed by atoms with van der Waals surface area (Å²) in [5.41, 5.74) is 12.9. The number of rotatable bonds is 4. The molecule has 2 aliphatic rings. The Bertz CT molecular complexity index is 1970. The first-order chi connectivity index (χ1) is 21.9. The Morgan fingerprint density at radius 2 is 1.29 bits per heavy atom. The monoisotopic (exact) mass is 778 g/mol. The molecule has 0 bridgehead atoms. The molecule has 0 atom stereocenters. The zero-order chi connectivity index (χ0) is 34.1. The summed E-state index contributed by atoms with van der Waals surface area (Å²) < 4.78 is 45.4. The molecule has 4 aromatic rings. The second kappa shape index (κ2) is 14.2. The van der Waals surface area contributed by atoms with E-state index in [0.29, 0.717) is 5.56 Å². The van der Waals surface area contributed by atoms with Crippen LogP contribution in [-0.2, 0) is 44.7 Å². The van der Waals surface area contributed by atoms with Gasteiger partial charge in [-0.25, -0.2) is 0 Å². The van der Waals surface area contributed by atoms with Gasteiger partial charge in [-0.05, 0) is 0 Å². The molecule has 0 unspecified atom stereocenters. The first-order valence-corrected chi connectivity index (χ1v) is 20.5. The molecule has 256 valence electrons. The van der Waals surface area contributed by atoms with Crippen molar-refractivity contribution in [3.63, 3.8) is 0 Å². The normalized spacial score (nSPS) is 14.2. The van der Waals surface area contributed by atoms with Crippen molar-refractivity contribution in [2.45, 2.75) is 89.4 Å². The van der Waals surface area contributed by atoms with Crippen LogP contribution in [-0.4, -0.2) is 3.21 Å². The molecule has 0 aromatic heterocycles. The van der Waals surface area contributed by atoms with Crippen molar-refractivity contribution >= 4 is 6.48 Å². The third kappa shape index (κ3) is 7.58. The van der Waals surface area contributed by atoms with Crippen LogP contribution in [0.25, 0.3) is 11.1 Å². The van der Waals surface area contributed by atoms with Crippen LogP contribution in [0.5, 0.6) is 0 Å². The molecule has 0 nitrogen and oxygen atoms in total. The van der Waals surface area contributed by atoms with E-state index in [1.165, 1.54) is 59.9 Å². The van der Waals surface area contributed by atoms with E-state index in [0.717, 1.165) is 20.8 Å². The van der Waals surface area contributed by atoms with E-state index < -0.39 is 33.0 Å². The van der Waals surface area contributed by atoms with Crippen molar-refractivity contribution in [2.75, 3.05) is 0 Å². The number of aryl methyl sites for hydroxylation is 2. The van der Waals surface area contributed by atoms with Gasteiger partial charge in [0, 0.05) is 0 Å². The van der Waals surface area contributed by atoms with Crippen molar-refractivity contribution in [1.29, 1.82) is 0 Å². The van der Waals surface area contributed by atoms with Crippen LogP contribution in [0.3, 0.4) is 0 Å². The molecule has 0 amide bonds. The van der Waals surface area contributed by atoms with Gasteiger partial charge in [0.2, 0.25) is 0 Å². The van der Waals surface area contributed by atoms with Gasteiger partial charge in [-0.2, -0.15) is 0 Å². The topological polar surface area (TPSA) is 0 Å². The van der Waals surface area contributed by atoms with Gasteiger partial charge in [0.05, 0.1) is 0 Å². The van der Waals surface area contributed by atoms with Crippen LogP contribution in [0.15, 0.2) is 91.0 Å². The van der Waals surface area contributed by atoms with Crippen LogP contribution < -0.4 is 28.1 Å². The third-order valence-corrected chi connectivity index (χ3v) is 18.2. The predicted molar refractivity (Wildman–Crippen MR) is 189 cm³/mol. The molecule has 0 saturated heterocycles. The number of alkyl halides is 3. The predicted octanol–water partition coefficient (Wildman–Crippen LogP) is 5.23. The summed E-state index contributed by atoms with van der Waals surface area (Å²) in [6.07, 6.45) is 5.29. The van der Waals surface area contributed by atoms with Crippen LogP contribution >= 0.6 is 0 Å². The minimum atomic E-state index is -4.42. The fourth-order valence-corrected chi connectivity index (χ4v) is 16.4. The van der Waals surface area contributed by atoms with Crippen LogP contribution in [0.2, 0.25) is 3.63 Å². The first-order valence-electron chi connectivity index (χ1n) is 16.6. The van der Waals surface area contributed by atoms with E-state index in [1.807, 2.05) is 6.07 Å². The number of halogens is 5. The third-order valence-electron chi connectivity index (χ3n) is 9.86. The Labute approximate surface area is 310 Å². The molecule has 49 heavy (non-hydrogen) atoms. The zero-order valence-electron chi connectivity index (χ0n) is 29.8. The second-order valence-electron chi connectivity index (χ2n) is 15.5. The molecular formula is C43H45Cl2F3Zr. The Kier molecular flexibility index (Phi) is 11.4. The molecule has 0 fully saturated rings. The smallest absolute Gasteiger partial charge is 1.00 e.